The number of carbonyl (C=O) groups excluding carboxylic acids is 1. The van der Waals surface area contributed by atoms with Gasteiger partial charge in [-0.05, 0) is 30.2 Å². The fourth-order valence-electron chi connectivity index (χ4n) is 1.45. The molecule has 0 aliphatic heterocycles. The molecule has 0 fully saturated rings. The zero-order valence-corrected chi connectivity index (χ0v) is 9.73. The highest BCUT2D eigenvalue weighted by Crippen LogP contribution is 2.19. The SMILES string of the molecule is COc1ccc(C(=O)C(C#N)C(C)C)cc1. The second kappa shape index (κ2) is 5.32. The summed E-state index contributed by atoms with van der Waals surface area (Å²) in [7, 11) is 1.57. The van der Waals surface area contributed by atoms with E-state index >= 15 is 0 Å². The van der Waals surface area contributed by atoms with Crippen molar-refractivity contribution in [1.29, 1.82) is 5.26 Å². The van der Waals surface area contributed by atoms with E-state index in [0.29, 0.717) is 11.3 Å². The van der Waals surface area contributed by atoms with Crippen LogP contribution in [0, 0.1) is 23.2 Å². The Morgan fingerprint density at radius 2 is 1.88 bits per heavy atom. The molecule has 0 bridgehead atoms. The zero-order valence-electron chi connectivity index (χ0n) is 9.73. The van der Waals surface area contributed by atoms with Crippen molar-refractivity contribution >= 4 is 5.78 Å². The average Bonchev–Trinajstić information content (AvgIpc) is 2.29. The lowest BCUT2D eigenvalue weighted by molar-refractivity contribution is 0.0924. The molecule has 0 N–H and O–H groups in total. The minimum atomic E-state index is -0.576. The maximum Gasteiger partial charge on any atom is 0.180 e. The standard InChI is InChI=1S/C13H15NO2/c1-9(2)12(8-14)13(15)10-4-6-11(16-3)7-5-10/h4-7,9,12H,1-3H3. The van der Waals surface area contributed by atoms with Crippen LogP contribution in [0.15, 0.2) is 24.3 Å². The van der Waals surface area contributed by atoms with Crippen LogP contribution in [0.25, 0.3) is 0 Å². The van der Waals surface area contributed by atoms with E-state index in [4.69, 9.17) is 10.00 Å². The van der Waals surface area contributed by atoms with E-state index in [2.05, 4.69) is 0 Å². The van der Waals surface area contributed by atoms with Crippen LogP contribution in [0.3, 0.4) is 0 Å². The normalized spacial score (nSPS) is 11.9. The van der Waals surface area contributed by atoms with Gasteiger partial charge in [-0.1, -0.05) is 13.8 Å². The molecule has 84 valence electrons. The minimum Gasteiger partial charge on any atom is -0.497 e. The second-order valence-corrected chi connectivity index (χ2v) is 3.94. The number of ether oxygens (including phenoxy) is 1. The molecule has 1 aromatic rings. The first-order valence-electron chi connectivity index (χ1n) is 5.18. The molecule has 1 unspecified atom stereocenters. The van der Waals surface area contributed by atoms with Gasteiger partial charge in [-0.15, -0.1) is 0 Å². The van der Waals surface area contributed by atoms with Crippen molar-refractivity contribution in [2.75, 3.05) is 7.11 Å². The molecule has 0 aliphatic carbocycles. The first kappa shape index (κ1) is 12.3. The van der Waals surface area contributed by atoms with Gasteiger partial charge >= 0.3 is 0 Å². The summed E-state index contributed by atoms with van der Waals surface area (Å²) in [4.78, 5) is 12.0. The fraction of sp³-hybridized carbons (Fsp3) is 0.385. The van der Waals surface area contributed by atoms with Gasteiger partial charge in [0.05, 0.1) is 13.2 Å². The predicted molar refractivity (Wildman–Crippen MR) is 61.3 cm³/mol. The third-order valence-corrected chi connectivity index (χ3v) is 2.46. The number of hydrogen-bond donors (Lipinski definition) is 0. The van der Waals surface area contributed by atoms with Crippen molar-refractivity contribution in [2.45, 2.75) is 13.8 Å². The molecule has 0 saturated carbocycles. The summed E-state index contributed by atoms with van der Waals surface area (Å²) in [5.74, 6) is 0.0303. The Morgan fingerprint density at radius 1 is 1.31 bits per heavy atom. The first-order valence-corrected chi connectivity index (χ1v) is 5.18. The predicted octanol–water partition coefficient (Wildman–Crippen LogP) is 2.67. The third-order valence-electron chi connectivity index (χ3n) is 2.46. The van der Waals surface area contributed by atoms with Crippen molar-refractivity contribution < 1.29 is 9.53 Å². The van der Waals surface area contributed by atoms with Gasteiger partial charge in [-0.3, -0.25) is 4.79 Å². The van der Waals surface area contributed by atoms with Crippen molar-refractivity contribution in [3.8, 4) is 11.8 Å². The van der Waals surface area contributed by atoms with Gasteiger partial charge in [0.2, 0.25) is 0 Å². The van der Waals surface area contributed by atoms with Crippen LogP contribution in [0.1, 0.15) is 24.2 Å². The summed E-state index contributed by atoms with van der Waals surface area (Å²) in [6.07, 6.45) is 0. The van der Waals surface area contributed by atoms with E-state index in [1.54, 1.807) is 31.4 Å². The molecular formula is C13H15NO2. The number of Topliss-reactive ketones (excluding diaryl/α,β-unsaturated/α-hetero) is 1. The topological polar surface area (TPSA) is 50.1 Å². The fourth-order valence-corrected chi connectivity index (χ4v) is 1.45. The highest BCUT2D eigenvalue weighted by molar-refractivity contribution is 5.99. The lowest BCUT2D eigenvalue weighted by atomic mass is 9.89. The van der Waals surface area contributed by atoms with E-state index in [0.717, 1.165) is 0 Å². The largest absolute Gasteiger partial charge is 0.497 e. The molecule has 0 saturated heterocycles. The quantitative estimate of drug-likeness (QED) is 0.728. The highest BCUT2D eigenvalue weighted by Gasteiger charge is 2.22. The van der Waals surface area contributed by atoms with E-state index in [1.165, 1.54) is 0 Å². The molecule has 0 aromatic heterocycles. The lowest BCUT2D eigenvalue weighted by Gasteiger charge is -2.11. The van der Waals surface area contributed by atoms with Gasteiger partial charge in [0, 0.05) is 5.56 Å². The third kappa shape index (κ3) is 2.60. The number of carbonyl (C=O) groups is 1. The Bertz CT molecular complexity index is 401. The molecule has 0 amide bonds. The minimum absolute atomic E-state index is 0.0274. The summed E-state index contributed by atoms with van der Waals surface area (Å²) in [5, 5.41) is 8.93. The zero-order chi connectivity index (χ0) is 12.1. The molecule has 0 radical (unpaired) electrons. The molecule has 1 atom stereocenters. The second-order valence-electron chi connectivity index (χ2n) is 3.94. The summed E-state index contributed by atoms with van der Waals surface area (Å²) in [6.45, 7) is 3.74. The first-order chi connectivity index (χ1) is 7.60. The van der Waals surface area contributed by atoms with Gasteiger partial charge in [0.1, 0.15) is 11.7 Å². The Balaban J connectivity index is 2.92. The molecule has 0 spiro atoms. The van der Waals surface area contributed by atoms with E-state index in [1.807, 2.05) is 19.9 Å². The van der Waals surface area contributed by atoms with Crippen LogP contribution in [0.5, 0.6) is 5.75 Å². The van der Waals surface area contributed by atoms with E-state index < -0.39 is 5.92 Å². The van der Waals surface area contributed by atoms with Crippen LogP contribution in [0.2, 0.25) is 0 Å². The molecule has 1 rings (SSSR count). The highest BCUT2D eigenvalue weighted by atomic mass is 16.5. The van der Waals surface area contributed by atoms with Crippen molar-refractivity contribution in [1.82, 2.24) is 0 Å². The molecule has 3 nitrogen and oxygen atoms in total. The van der Waals surface area contributed by atoms with E-state index in [-0.39, 0.29) is 11.7 Å². The number of hydrogen-bond acceptors (Lipinski definition) is 3. The Hall–Kier alpha value is -1.82. The maximum atomic E-state index is 12.0. The van der Waals surface area contributed by atoms with Crippen molar-refractivity contribution in [3.05, 3.63) is 29.8 Å². The summed E-state index contributed by atoms with van der Waals surface area (Å²) < 4.78 is 5.01. The molecule has 0 aliphatic rings. The van der Waals surface area contributed by atoms with Crippen LogP contribution < -0.4 is 4.74 Å². The number of ketones is 1. The van der Waals surface area contributed by atoms with Crippen molar-refractivity contribution in [2.24, 2.45) is 11.8 Å². The number of benzene rings is 1. The molecular weight excluding hydrogens is 202 g/mol. The number of nitrogens with zero attached hydrogens (tertiary/aromatic N) is 1. The Kier molecular flexibility index (Phi) is 4.07. The monoisotopic (exact) mass is 217 g/mol. The van der Waals surface area contributed by atoms with Gasteiger partial charge in [-0.25, -0.2) is 0 Å². The number of nitriles is 1. The maximum absolute atomic E-state index is 12.0. The summed E-state index contributed by atoms with van der Waals surface area (Å²) in [6, 6.07) is 8.87. The summed E-state index contributed by atoms with van der Waals surface area (Å²) in [5.41, 5.74) is 0.557. The van der Waals surface area contributed by atoms with Gasteiger partial charge in [0.25, 0.3) is 0 Å². The van der Waals surface area contributed by atoms with Gasteiger partial charge < -0.3 is 4.74 Å². The molecule has 3 heteroatoms. The molecule has 1 aromatic carbocycles. The van der Waals surface area contributed by atoms with Crippen LogP contribution in [-0.2, 0) is 0 Å². The van der Waals surface area contributed by atoms with Crippen LogP contribution in [-0.4, -0.2) is 12.9 Å². The lowest BCUT2D eigenvalue weighted by Crippen LogP contribution is -2.18. The Labute approximate surface area is 95.7 Å². The smallest absolute Gasteiger partial charge is 0.180 e. The van der Waals surface area contributed by atoms with Crippen molar-refractivity contribution in [3.63, 3.8) is 0 Å². The summed E-state index contributed by atoms with van der Waals surface area (Å²) >= 11 is 0. The molecule has 16 heavy (non-hydrogen) atoms. The number of methoxy groups -OCH3 is 1. The average molecular weight is 217 g/mol. The molecule has 0 heterocycles. The van der Waals surface area contributed by atoms with Gasteiger partial charge in [-0.2, -0.15) is 5.26 Å². The number of rotatable bonds is 4. The van der Waals surface area contributed by atoms with Crippen LogP contribution in [0.4, 0.5) is 0 Å². The Morgan fingerprint density at radius 3 is 2.25 bits per heavy atom. The van der Waals surface area contributed by atoms with E-state index in [9.17, 15) is 4.79 Å². The van der Waals surface area contributed by atoms with Crippen LogP contribution >= 0.6 is 0 Å². The van der Waals surface area contributed by atoms with Gasteiger partial charge in [0.15, 0.2) is 5.78 Å².